The number of ether oxygens (including phenoxy) is 4. The van der Waals surface area contributed by atoms with Crippen LogP contribution >= 0.6 is 0 Å². The van der Waals surface area contributed by atoms with Crippen molar-refractivity contribution in [3.05, 3.63) is 0 Å². The number of carboxylic acid groups (broad SMARTS) is 1. The summed E-state index contributed by atoms with van der Waals surface area (Å²) in [5.41, 5.74) is 0. The molecule has 0 fully saturated rings. The van der Waals surface area contributed by atoms with Crippen LogP contribution in [-0.2, 0) is 33.3 Å². The SMILES string of the molecule is CCOCCOCCNC(=O)COCCOCCNC(=O)CC[C@H](NC)C(=O)O. The third-order valence-electron chi connectivity index (χ3n) is 3.63. The van der Waals surface area contributed by atoms with Crippen LogP contribution in [0, 0.1) is 0 Å². The lowest BCUT2D eigenvalue weighted by molar-refractivity contribution is -0.139. The zero-order chi connectivity index (χ0) is 21.7. The van der Waals surface area contributed by atoms with Crippen molar-refractivity contribution < 1.29 is 38.4 Å². The van der Waals surface area contributed by atoms with Gasteiger partial charge in [0, 0.05) is 26.1 Å². The number of rotatable bonds is 20. The fraction of sp³-hybridized carbons (Fsp3) is 0.833. The number of hydrogen-bond donors (Lipinski definition) is 4. The fourth-order valence-corrected chi connectivity index (χ4v) is 2.08. The number of aliphatic carboxylic acids is 1. The molecule has 0 aliphatic rings. The summed E-state index contributed by atoms with van der Waals surface area (Å²) in [5.74, 6) is -1.44. The number of likely N-dealkylation sites (N-methyl/N-ethyl adjacent to an activating group) is 1. The Balaban J connectivity index is 3.40. The number of carbonyl (C=O) groups excluding carboxylic acids is 2. The molecule has 0 aliphatic heterocycles. The number of hydrogen-bond acceptors (Lipinski definition) is 8. The molecule has 11 heteroatoms. The third kappa shape index (κ3) is 18.0. The van der Waals surface area contributed by atoms with E-state index in [2.05, 4.69) is 16.0 Å². The van der Waals surface area contributed by atoms with Gasteiger partial charge in [0.25, 0.3) is 0 Å². The first-order valence-electron chi connectivity index (χ1n) is 9.75. The molecule has 29 heavy (non-hydrogen) atoms. The van der Waals surface area contributed by atoms with Crippen molar-refractivity contribution in [1.82, 2.24) is 16.0 Å². The molecule has 0 spiro atoms. The molecule has 0 aliphatic carbocycles. The summed E-state index contributed by atoms with van der Waals surface area (Å²) >= 11 is 0. The summed E-state index contributed by atoms with van der Waals surface area (Å²) in [6.45, 7) is 5.54. The van der Waals surface area contributed by atoms with Crippen molar-refractivity contribution >= 4 is 17.8 Å². The summed E-state index contributed by atoms with van der Waals surface area (Å²) in [5, 5.41) is 16.8. The normalized spacial score (nSPS) is 11.8. The molecule has 0 saturated heterocycles. The Morgan fingerprint density at radius 1 is 0.828 bits per heavy atom. The summed E-state index contributed by atoms with van der Waals surface area (Å²) in [7, 11) is 1.54. The summed E-state index contributed by atoms with van der Waals surface area (Å²) in [4.78, 5) is 33.9. The maximum atomic E-state index is 11.6. The Bertz CT molecular complexity index is 451. The second-order valence-corrected chi connectivity index (χ2v) is 5.89. The first-order valence-corrected chi connectivity index (χ1v) is 9.75. The van der Waals surface area contributed by atoms with Gasteiger partial charge in [0.15, 0.2) is 0 Å². The minimum absolute atomic E-state index is 0.0603. The zero-order valence-corrected chi connectivity index (χ0v) is 17.4. The molecule has 0 bridgehead atoms. The van der Waals surface area contributed by atoms with Crippen molar-refractivity contribution in [3.63, 3.8) is 0 Å². The molecule has 0 aromatic rings. The second-order valence-electron chi connectivity index (χ2n) is 5.89. The van der Waals surface area contributed by atoms with E-state index in [1.165, 1.54) is 7.05 Å². The van der Waals surface area contributed by atoms with Crippen LogP contribution in [0.25, 0.3) is 0 Å². The maximum Gasteiger partial charge on any atom is 0.320 e. The van der Waals surface area contributed by atoms with E-state index in [1.807, 2.05) is 6.92 Å². The average molecular weight is 421 g/mol. The Morgan fingerprint density at radius 3 is 1.93 bits per heavy atom. The summed E-state index contributed by atoms with van der Waals surface area (Å²) < 4.78 is 20.9. The topological polar surface area (TPSA) is 144 Å². The van der Waals surface area contributed by atoms with Crippen molar-refractivity contribution in [1.29, 1.82) is 0 Å². The van der Waals surface area contributed by atoms with E-state index >= 15 is 0 Å². The van der Waals surface area contributed by atoms with E-state index in [9.17, 15) is 14.4 Å². The van der Waals surface area contributed by atoms with Crippen molar-refractivity contribution in [2.24, 2.45) is 0 Å². The zero-order valence-electron chi connectivity index (χ0n) is 17.4. The van der Waals surface area contributed by atoms with Crippen LogP contribution in [0.2, 0.25) is 0 Å². The number of carboxylic acids is 1. The van der Waals surface area contributed by atoms with Gasteiger partial charge in [-0.1, -0.05) is 0 Å². The van der Waals surface area contributed by atoms with Crippen LogP contribution in [0.1, 0.15) is 19.8 Å². The van der Waals surface area contributed by atoms with Crippen molar-refractivity contribution in [2.75, 3.05) is 73.0 Å². The smallest absolute Gasteiger partial charge is 0.320 e. The van der Waals surface area contributed by atoms with Gasteiger partial charge in [0.2, 0.25) is 11.8 Å². The molecule has 0 saturated carbocycles. The Kier molecular flexibility index (Phi) is 18.3. The van der Waals surface area contributed by atoms with Crippen molar-refractivity contribution in [2.45, 2.75) is 25.8 Å². The fourth-order valence-electron chi connectivity index (χ4n) is 2.08. The lowest BCUT2D eigenvalue weighted by Crippen LogP contribution is -2.36. The van der Waals surface area contributed by atoms with E-state index in [-0.39, 0.29) is 37.9 Å². The molecule has 0 radical (unpaired) electrons. The van der Waals surface area contributed by atoms with Gasteiger partial charge in [-0.25, -0.2) is 0 Å². The van der Waals surface area contributed by atoms with Gasteiger partial charge in [-0.3, -0.25) is 14.4 Å². The van der Waals surface area contributed by atoms with Gasteiger partial charge >= 0.3 is 5.97 Å². The Morgan fingerprint density at radius 2 is 1.38 bits per heavy atom. The quantitative estimate of drug-likeness (QED) is 0.177. The molecule has 0 heterocycles. The van der Waals surface area contributed by atoms with E-state index in [0.29, 0.717) is 52.7 Å². The van der Waals surface area contributed by atoms with Crippen LogP contribution in [0.3, 0.4) is 0 Å². The van der Waals surface area contributed by atoms with E-state index in [1.54, 1.807) is 0 Å². The second kappa shape index (κ2) is 19.5. The predicted molar refractivity (Wildman–Crippen MR) is 105 cm³/mol. The molecule has 2 amide bonds. The number of amides is 2. The molecule has 11 nitrogen and oxygen atoms in total. The van der Waals surface area contributed by atoms with Crippen molar-refractivity contribution in [3.8, 4) is 0 Å². The lowest BCUT2D eigenvalue weighted by atomic mass is 10.1. The monoisotopic (exact) mass is 421 g/mol. The molecule has 170 valence electrons. The minimum atomic E-state index is -0.983. The molecule has 4 N–H and O–H groups in total. The molecule has 1 atom stereocenters. The minimum Gasteiger partial charge on any atom is -0.480 e. The number of carbonyl (C=O) groups is 3. The summed E-state index contributed by atoms with van der Waals surface area (Å²) in [6, 6.07) is -0.737. The molecular formula is C18H35N3O8. The van der Waals surface area contributed by atoms with Crippen LogP contribution in [0.15, 0.2) is 0 Å². The molecular weight excluding hydrogens is 386 g/mol. The highest BCUT2D eigenvalue weighted by Gasteiger charge is 2.15. The van der Waals surface area contributed by atoms with Gasteiger partial charge in [-0.2, -0.15) is 0 Å². The first-order chi connectivity index (χ1) is 14.0. The van der Waals surface area contributed by atoms with Crippen LogP contribution in [-0.4, -0.2) is 102 Å². The van der Waals surface area contributed by atoms with Crippen LogP contribution in [0.4, 0.5) is 0 Å². The first kappa shape index (κ1) is 27.2. The van der Waals surface area contributed by atoms with E-state index in [0.717, 1.165) is 0 Å². The summed E-state index contributed by atoms with van der Waals surface area (Å²) in [6.07, 6.45) is 0.335. The van der Waals surface area contributed by atoms with Gasteiger partial charge in [-0.05, 0) is 20.4 Å². The largest absolute Gasteiger partial charge is 0.480 e. The lowest BCUT2D eigenvalue weighted by Gasteiger charge is -2.11. The van der Waals surface area contributed by atoms with E-state index < -0.39 is 12.0 Å². The Hall–Kier alpha value is -1.79. The molecule has 0 aromatic carbocycles. The van der Waals surface area contributed by atoms with Gasteiger partial charge < -0.3 is 40.0 Å². The predicted octanol–water partition coefficient (Wildman–Crippen LogP) is -1.24. The molecule has 0 rings (SSSR count). The van der Waals surface area contributed by atoms with Gasteiger partial charge in [-0.15, -0.1) is 0 Å². The standard InChI is InChI=1S/C18H35N3O8/c1-3-26-10-11-27-9-7-21-17(23)14-29-13-12-28-8-6-20-16(22)5-4-15(19-2)18(24)25/h15,19H,3-14H2,1-2H3,(H,20,22)(H,21,23)(H,24,25)/t15-/m0/s1. The van der Waals surface area contributed by atoms with Gasteiger partial charge in [0.1, 0.15) is 12.6 Å². The number of nitrogens with one attached hydrogen (secondary N) is 3. The maximum absolute atomic E-state index is 11.6. The third-order valence-corrected chi connectivity index (χ3v) is 3.63. The Labute approximate surface area is 171 Å². The van der Waals surface area contributed by atoms with Crippen LogP contribution < -0.4 is 16.0 Å². The molecule has 0 aromatic heterocycles. The molecule has 0 unspecified atom stereocenters. The highest BCUT2D eigenvalue weighted by atomic mass is 16.5. The highest BCUT2D eigenvalue weighted by Crippen LogP contribution is 1.97. The highest BCUT2D eigenvalue weighted by molar-refractivity contribution is 5.78. The van der Waals surface area contributed by atoms with Crippen LogP contribution in [0.5, 0.6) is 0 Å². The average Bonchev–Trinajstić information content (AvgIpc) is 2.69. The van der Waals surface area contributed by atoms with Gasteiger partial charge in [0.05, 0.1) is 39.6 Å². The van der Waals surface area contributed by atoms with E-state index in [4.69, 9.17) is 24.1 Å².